The Morgan fingerprint density at radius 1 is 1.18 bits per heavy atom. The Morgan fingerprint density at radius 3 is 2.36 bits per heavy atom. The molecule has 0 spiro atoms. The molecule has 60 valence electrons. The van der Waals surface area contributed by atoms with Gasteiger partial charge in [0, 0.05) is 14.2 Å². The highest BCUT2D eigenvalue weighted by molar-refractivity contribution is 14.1. The van der Waals surface area contributed by atoms with E-state index in [1.807, 2.05) is 0 Å². The molecular weight excluding hydrogens is 383 g/mol. The predicted octanol–water partition coefficient (Wildman–Crippen LogP) is 4.08. The summed E-state index contributed by atoms with van der Waals surface area (Å²) in [5.74, 6) is 0. The Morgan fingerprint density at radius 2 is 1.91 bits per heavy atom. The third-order valence-corrected chi connectivity index (χ3v) is 3.67. The van der Waals surface area contributed by atoms with Gasteiger partial charge in [0.15, 0.2) is 0 Å². The highest BCUT2D eigenvalue weighted by Gasteiger charge is 2.02. The number of benzene rings is 1. The maximum absolute atomic E-state index is 3.47. The fourth-order valence-electron chi connectivity index (χ4n) is 0.878. The molecule has 0 saturated heterocycles. The van der Waals surface area contributed by atoms with Crippen molar-refractivity contribution in [3.63, 3.8) is 0 Å². The van der Waals surface area contributed by atoms with Gasteiger partial charge >= 0.3 is 0 Å². The molecule has 1 aromatic rings. The van der Waals surface area contributed by atoms with Crippen LogP contribution < -0.4 is 0 Å². The van der Waals surface area contributed by atoms with Crippen LogP contribution in [0.25, 0.3) is 0 Å². The lowest BCUT2D eigenvalue weighted by Crippen LogP contribution is -1.90. The van der Waals surface area contributed by atoms with Gasteiger partial charge in [0.1, 0.15) is 0 Å². The van der Waals surface area contributed by atoms with Crippen LogP contribution in [0.2, 0.25) is 0 Å². The maximum Gasteiger partial charge on any atom is 0.0296 e. The second kappa shape index (κ2) is 4.82. The molecule has 11 heavy (non-hydrogen) atoms. The Hall–Kier alpha value is 0.910. The van der Waals surface area contributed by atoms with Gasteiger partial charge in [-0.05, 0) is 39.8 Å². The van der Waals surface area contributed by atoms with Crippen molar-refractivity contribution < 1.29 is 0 Å². The number of hydrogen-bond donors (Lipinski definition) is 0. The molecule has 0 unspecified atom stereocenters. The third kappa shape index (κ3) is 2.42. The average molecular weight is 390 g/mol. The fourth-order valence-corrected chi connectivity index (χ4v) is 3.33. The molecule has 0 aliphatic carbocycles. The van der Waals surface area contributed by atoms with Gasteiger partial charge in [-0.15, -0.1) is 0 Å². The lowest BCUT2D eigenvalue weighted by molar-refractivity contribution is 1.28. The first-order chi connectivity index (χ1) is 5.29. The van der Waals surface area contributed by atoms with Crippen LogP contribution in [0.3, 0.4) is 0 Å². The molecular formula is C8H7Br2I. The molecule has 3 heteroatoms. The molecule has 0 N–H and O–H groups in total. The summed E-state index contributed by atoms with van der Waals surface area (Å²) in [5.41, 5.74) is 2.76. The first-order valence-electron chi connectivity index (χ1n) is 3.17. The van der Waals surface area contributed by atoms with Gasteiger partial charge in [0.05, 0.1) is 0 Å². The molecule has 0 heterocycles. The van der Waals surface area contributed by atoms with Gasteiger partial charge in [-0.2, -0.15) is 0 Å². The minimum atomic E-state index is 0.935. The van der Waals surface area contributed by atoms with Crippen molar-refractivity contribution in [1.82, 2.24) is 0 Å². The molecule has 0 aromatic heterocycles. The van der Waals surface area contributed by atoms with Crippen LogP contribution in [0.4, 0.5) is 0 Å². The summed E-state index contributed by atoms with van der Waals surface area (Å²) >= 11 is 9.29. The van der Waals surface area contributed by atoms with E-state index < -0.39 is 0 Å². The largest absolute Gasteiger partial charge is 0.0876 e. The predicted molar refractivity (Wildman–Crippen MR) is 64.4 cm³/mol. The zero-order chi connectivity index (χ0) is 8.27. The average Bonchev–Trinajstić information content (AvgIpc) is 2.04. The van der Waals surface area contributed by atoms with E-state index in [4.69, 9.17) is 0 Å². The number of hydrogen-bond acceptors (Lipinski definition) is 0. The third-order valence-electron chi connectivity index (χ3n) is 1.49. The molecule has 0 bridgehead atoms. The van der Waals surface area contributed by atoms with Crippen molar-refractivity contribution >= 4 is 54.5 Å². The van der Waals surface area contributed by atoms with E-state index in [0.717, 1.165) is 10.7 Å². The Kier molecular flexibility index (Phi) is 4.38. The van der Waals surface area contributed by atoms with Crippen molar-refractivity contribution in [3.8, 4) is 0 Å². The van der Waals surface area contributed by atoms with Crippen LogP contribution in [-0.4, -0.2) is 0 Å². The smallest absolute Gasteiger partial charge is 0.0296 e. The van der Waals surface area contributed by atoms with Crippen LogP contribution >= 0.6 is 54.5 Å². The number of rotatable bonds is 2. The van der Waals surface area contributed by atoms with E-state index in [9.17, 15) is 0 Å². The lowest BCUT2D eigenvalue weighted by atomic mass is 10.1. The van der Waals surface area contributed by atoms with Gasteiger partial charge in [-0.1, -0.05) is 44.0 Å². The maximum atomic E-state index is 3.47. The van der Waals surface area contributed by atoms with Crippen LogP contribution in [0.5, 0.6) is 0 Å². The summed E-state index contributed by atoms with van der Waals surface area (Å²) in [4.78, 5) is 0. The highest BCUT2D eigenvalue weighted by atomic mass is 127. The van der Waals surface area contributed by atoms with Crippen molar-refractivity contribution in [3.05, 3.63) is 32.9 Å². The molecule has 0 radical (unpaired) electrons. The standard InChI is InChI=1S/C8H7Br2I/c9-4-6-2-1-3-8(11)7(6)5-10/h1-3H,4-5H2. The zero-order valence-electron chi connectivity index (χ0n) is 5.78. The summed E-state index contributed by atoms with van der Waals surface area (Å²) < 4.78 is 1.33. The van der Waals surface area contributed by atoms with Crippen LogP contribution in [0, 0.1) is 3.57 Å². The SMILES string of the molecule is BrCc1cccc(I)c1CBr. The summed E-state index contributed by atoms with van der Waals surface area (Å²) in [7, 11) is 0. The summed E-state index contributed by atoms with van der Waals surface area (Å²) in [6, 6.07) is 6.36. The lowest BCUT2D eigenvalue weighted by Gasteiger charge is -2.05. The molecule has 0 amide bonds. The van der Waals surface area contributed by atoms with Crippen molar-refractivity contribution in [1.29, 1.82) is 0 Å². The van der Waals surface area contributed by atoms with E-state index in [-0.39, 0.29) is 0 Å². The summed E-state index contributed by atoms with van der Waals surface area (Å²) in [6.45, 7) is 0. The molecule has 0 saturated carbocycles. The Bertz CT molecular complexity index is 248. The van der Waals surface area contributed by atoms with Crippen LogP contribution in [-0.2, 0) is 10.7 Å². The normalized spacial score (nSPS) is 10.1. The molecule has 0 aliphatic rings. The molecule has 1 rings (SSSR count). The second-order valence-electron chi connectivity index (χ2n) is 2.14. The van der Waals surface area contributed by atoms with Crippen molar-refractivity contribution in [2.45, 2.75) is 10.7 Å². The van der Waals surface area contributed by atoms with Crippen LogP contribution in [0.1, 0.15) is 11.1 Å². The van der Waals surface area contributed by atoms with Crippen molar-refractivity contribution in [2.24, 2.45) is 0 Å². The monoisotopic (exact) mass is 388 g/mol. The van der Waals surface area contributed by atoms with Gasteiger partial charge in [0.25, 0.3) is 0 Å². The minimum absolute atomic E-state index is 0.935. The highest BCUT2D eigenvalue weighted by Crippen LogP contribution is 2.21. The van der Waals surface area contributed by atoms with E-state index in [1.54, 1.807) is 0 Å². The topological polar surface area (TPSA) is 0 Å². The van der Waals surface area contributed by atoms with E-state index in [1.165, 1.54) is 14.7 Å². The first-order valence-corrected chi connectivity index (χ1v) is 6.50. The Balaban J connectivity index is 3.13. The molecule has 1 aromatic carbocycles. The molecule has 0 atom stereocenters. The summed E-state index contributed by atoms with van der Waals surface area (Å²) in [6.07, 6.45) is 0. The minimum Gasteiger partial charge on any atom is -0.0876 e. The van der Waals surface area contributed by atoms with Gasteiger partial charge in [-0.25, -0.2) is 0 Å². The van der Waals surface area contributed by atoms with Gasteiger partial charge in [0.2, 0.25) is 0 Å². The Labute approximate surface area is 97.2 Å². The summed E-state index contributed by atoms with van der Waals surface area (Å²) in [5, 5.41) is 1.87. The second-order valence-corrected chi connectivity index (χ2v) is 4.43. The molecule has 0 fully saturated rings. The van der Waals surface area contributed by atoms with Gasteiger partial charge in [-0.3, -0.25) is 0 Å². The fraction of sp³-hybridized carbons (Fsp3) is 0.250. The zero-order valence-corrected chi connectivity index (χ0v) is 11.1. The number of halogens is 3. The van der Waals surface area contributed by atoms with E-state index in [2.05, 4.69) is 72.6 Å². The molecule has 0 nitrogen and oxygen atoms in total. The van der Waals surface area contributed by atoms with Crippen molar-refractivity contribution in [2.75, 3.05) is 0 Å². The van der Waals surface area contributed by atoms with Gasteiger partial charge < -0.3 is 0 Å². The van der Waals surface area contributed by atoms with E-state index >= 15 is 0 Å². The van der Waals surface area contributed by atoms with E-state index in [0.29, 0.717) is 0 Å². The van der Waals surface area contributed by atoms with Crippen LogP contribution in [0.15, 0.2) is 18.2 Å². The first kappa shape index (κ1) is 9.99. The molecule has 0 aliphatic heterocycles. The quantitative estimate of drug-likeness (QED) is 0.528. The number of alkyl halides is 2.